The number of nitrogens with zero attached hydrogens (tertiary/aromatic N) is 3. The summed E-state index contributed by atoms with van der Waals surface area (Å²) < 4.78 is 5.48. The lowest BCUT2D eigenvalue weighted by atomic mass is 10.1. The second-order valence-corrected chi connectivity index (χ2v) is 6.81. The summed E-state index contributed by atoms with van der Waals surface area (Å²) in [6.07, 6.45) is 3.93. The molecule has 1 atom stereocenters. The summed E-state index contributed by atoms with van der Waals surface area (Å²) in [7, 11) is 0. The first-order chi connectivity index (χ1) is 12.7. The lowest BCUT2D eigenvalue weighted by molar-refractivity contribution is 0.0981. The summed E-state index contributed by atoms with van der Waals surface area (Å²) in [4.78, 5) is 23.1. The SMILES string of the molecule is C[C@H]1COCCN1c1nccc(-c2ccc(NC(=O)NC3CC3)cc2)n1. The van der Waals surface area contributed by atoms with Gasteiger partial charge in [0.2, 0.25) is 5.95 Å². The van der Waals surface area contributed by atoms with E-state index in [0.29, 0.717) is 19.3 Å². The van der Waals surface area contributed by atoms with Gasteiger partial charge in [0.15, 0.2) is 0 Å². The molecule has 1 aromatic carbocycles. The lowest BCUT2D eigenvalue weighted by Crippen LogP contribution is -2.44. The minimum Gasteiger partial charge on any atom is -0.377 e. The summed E-state index contributed by atoms with van der Waals surface area (Å²) in [6.45, 7) is 4.30. The molecule has 2 N–H and O–H groups in total. The molecule has 26 heavy (non-hydrogen) atoms. The molecule has 0 spiro atoms. The first-order valence-electron chi connectivity index (χ1n) is 9.04. The number of urea groups is 1. The van der Waals surface area contributed by atoms with Crippen LogP contribution in [0.25, 0.3) is 11.3 Å². The summed E-state index contributed by atoms with van der Waals surface area (Å²) in [5.41, 5.74) is 2.62. The number of morpholine rings is 1. The van der Waals surface area contributed by atoms with Crippen molar-refractivity contribution in [2.45, 2.75) is 31.8 Å². The summed E-state index contributed by atoms with van der Waals surface area (Å²) in [5, 5.41) is 5.77. The number of aromatic nitrogens is 2. The highest BCUT2D eigenvalue weighted by atomic mass is 16.5. The van der Waals surface area contributed by atoms with Crippen molar-refractivity contribution in [3.63, 3.8) is 0 Å². The van der Waals surface area contributed by atoms with Crippen molar-refractivity contribution in [1.29, 1.82) is 0 Å². The normalized spacial score (nSPS) is 19.9. The number of ether oxygens (including phenoxy) is 1. The molecule has 7 heteroatoms. The quantitative estimate of drug-likeness (QED) is 0.883. The van der Waals surface area contributed by atoms with Gasteiger partial charge in [0.1, 0.15) is 0 Å². The number of rotatable bonds is 4. The predicted octanol–water partition coefficient (Wildman–Crippen LogP) is 2.65. The number of carbonyl (C=O) groups excluding carboxylic acids is 1. The number of nitrogens with one attached hydrogen (secondary N) is 2. The standard InChI is InChI=1S/C19H23N5O2/c1-13-12-26-11-10-24(13)18-20-9-8-17(23-18)14-2-4-15(5-3-14)21-19(25)22-16-6-7-16/h2-5,8-9,13,16H,6-7,10-12H2,1H3,(H2,21,22,25)/t13-/m0/s1. The van der Waals surface area contributed by atoms with Gasteiger partial charge in [0.25, 0.3) is 0 Å². The Morgan fingerprint density at radius 2 is 2.04 bits per heavy atom. The van der Waals surface area contributed by atoms with E-state index in [9.17, 15) is 4.79 Å². The second kappa shape index (κ2) is 7.29. The van der Waals surface area contributed by atoms with Crippen LogP contribution in [-0.2, 0) is 4.74 Å². The Morgan fingerprint density at radius 3 is 2.77 bits per heavy atom. The fraction of sp³-hybridized carbons (Fsp3) is 0.421. The van der Waals surface area contributed by atoms with Gasteiger partial charge in [-0.3, -0.25) is 0 Å². The molecule has 2 aliphatic rings. The van der Waals surface area contributed by atoms with Crippen LogP contribution in [0.4, 0.5) is 16.4 Å². The Hall–Kier alpha value is -2.67. The fourth-order valence-corrected chi connectivity index (χ4v) is 2.98. The van der Waals surface area contributed by atoms with Crippen molar-refractivity contribution in [1.82, 2.24) is 15.3 Å². The molecular formula is C19H23N5O2. The third kappa shape index (κ3) is 3.94. The minimum absolute atomic E-state index is 0.147. The van der Waals surface area contributed by atoms with Crippen LogP contribution < -0.4 is 15.5 Å². The van der Waals surface area contributed by atoms with Crippen molar-refractivity contribution >= 4 is 17.7 Å². The van der Waals surface area contributed by atoms with Crippen LogP contribution >= 0.6 is 0 Å². The van der Waals surface area contributed by atoms with Crippen molar-refractivity contribution < 1.29 is 9.53 Å². The minimum atomic E-state index is -0.147. The first-order valence-corrected chi connectivity index (χ1v) is 9.04. The Morgan fingerprint density at radius 1 is 1.23 bits per heavy atom. The third-order valence-corrected chi connectivity index (χ3v) is 4.62. The highest BCUT2D eigenvalue weighted by molar-refractivity contribution is 5.89. The molecule has 1 saturated heterocycles. The molecular weight excluding hydrogens is 330 g/mol. The largest absolute Gasteiger partial charge is 0.377 e. The van der Waals surface area contributed by atoms with E-state index in [1.54, 1.807) is 6.20 Å². The monoisotopic (exact) mass is 353 g/mol. The van der Waals surface area contributed by atoms with Crippen LogP contribution in [0.2, 0.25) is 0 Å². The number of hydrogen-bond acceptors (Lipinski definition) is 5. The topological polar surface area (TPSA) is 79.4 Å². The molecule has 1 aliphatic carbocycles. The Bertz CT molecular complexity index is 776. The van der Waals surface area contributed by atoms with Crippen LogP contribution in [-0.4, -0.2) is 47.8 Å². The predicted molar refractivity (Wildman–Crippen MR) is 100 cm³/mol. The maximum absolute atomic E-state index is 11.8. The van der Waals surface area contributed by atoms with Gasteiger partial charge in [-0.15, -0.1) is 0 Å². The molecule has 2 amide bonds. The van der Waals surface area contributed by atoms with E-state index in [0.717, 1.165) is 42.3 Å². The Labute approximate surface area is 152 Å². The molecule has 0 bridgehead atoms. The second-order valence-electron chi connectivity index (χ2n) is 6.81. The molecule has 7 nitrogen and oxygen atoms in total. The molecule has 2 heterocycles. The van der Waals surface area contributed by atoms with Crippen molar-refractivity contribution in [2.75, 3.05) is 30.0 Å². The number of anilines is 2. The summed E-state index contributed by atoms with van der Waals surface area (Å²) in [6, 6.07) is 10.1. The van der Waals surface area contributed by atoms with Crippen LogP contribution in [0.3, 0.4) is 0 Å². The van der Waals surface area contributed by atoms with Crippen LogP contribution in [0, 0.1) is 0 Å². The van der Waals surface area contributed by atoms with E-state index < -0.39 is 0 Å². The van der Waals surface area contributed by atoms with Crippen molar-refractivity contribution in [3.05, 3.63) is 36.5 Å². The number of benzene rings is 1. The van der Waals surface area contributed by atoms with Gasteiger partial charge in [0, 0.05) is 30.0 Å². The van der Waals surface area contributed by atoms with Gasteiger partial charge in [-0.1, -0.05) is 12.1 Å². The van der Waals surface area contributed by atoms with Crippen molar-refractivity contribution in [3.8, 4) is 11.3 Å². The lowest BCUT2D eigenvalue weighted by Gasteiger charge is -2.33. The van der Waals surface area contributed by atoms with Gasteiger partial charge in [-0.05, 0) is 38.0 Å². The summed E-state index contributed by atoms with van der Waals surface area (Å²) >= 11 is 0. The zero-order chi connectivity index (χ0) is 17.9. The molecule has 1 aliphatic heterocycles. The van der Waals surface area contributed by atoms with E-state index in [4.69, 9.17) is 9.72 Å². The van der Waals surface area contributed by atoms with Gasteiger partial charge in [-0.25, -0.2) is 14.8 Å². The van der Waals surface area contributed by atoms with Crippen LogP contribution in [0.15, 0.2) is 36.5 Å². The molecule has 0 unspecified atom stereocenters. The van der Waals surface area contributed by atoms with Crippen molar-refractivity contribution in [2.24, 2.45) is 0 Å². The van der Waals surface area contributed by atoms with E-state index in [1.165, 1.54) is 0 Å². The summed E-state index contributed by atoms with van der Waals surface area (Å²) in [5.74, 6) is 0.726. The molecule has 136 valence electrons. The van der Waals surface area contributed by atoms with Gasteiger partial charge in [-0.2, -0.15) is 0 Å². The zero-order valence-corrected chi connectivity index (χ0v) is 14.8. The highest BCUT2D eigenvalue weighted by Crippen LogP contribution is 2.23. The van der Waals surface area contributed by atoms with E-state index >= 15 is 0 Å². The Kier molecular flexibility index (Phi) is 4.71. The smallest absolute Gasteiger partial charge is 0.319 e. The number of amides is 2. The van der Waals surface area contributed by atoms with Gasteiger partial charge >= 0.3 is 6.03 Å². The van der Waals surface area contributed by atoms with Crippen LogP contribution in [0.5, 0.6) is 0 Å². The molecule has 2 fully saturated rings. The molecule has 4 rings (SSSR count). The van der Waals surface area contributed by atoms with Crippen LogP contribution in [0.1, 0.15) is 19.8 Å². The van der Waals surface area contributed by atoms with E-state index in [1.807, 2.05) is 30.3 Å². The highest BCUT2D eigenvalue weighted by Gasteiger charge is 2.23. The maximum Gasteiger partial charge on any atom is 0.319 e. The third-order valence-electron chi connectivity index (χ3n) is 4.62. The van der Waals surface area contributed by atoms with E-state index in [-0.39, 0.29) is 12.1 Å². The maximum atomic E-state index is 11.8. The molecule has 1 saturated carbocycles. The average molecular weight is 353 g/mol. The Balaban J connectivity index is 1.46. The number of carbonyl (C=O) groups is 1. The van der Waals surface area contributed by atoms with Gasteiger partial charge in [0.05, 0.1) is 24.9 Å². The fourth-order valence-electron chi connectivity index (χ4n) is 2.98. The first kappa shape index (κ1) is 16.8. The molecule has 1 aromatic heterocycles. The van der Waals surface area contributed by atoms with E-state index in [2.05, 4.69) is 27.4 Å². The zero-order valence-electron chi connectivity index (χ0n) is 14.8. The molecule has 2 aromatic rings. The van der Waals surface area contributed by atoms with Gasteiger partial charge < -0.3 is 20.3 Å². The number of hydrogen-bond donors (Lipinski definition) is 2. The molecule has 0 radical (unpaired) electrons. The average Bonchev–Trinajstić information content (AvgIpc) is 3.47.